The summed E-state index contributed by atoms with van der Waals surface area (Å²) in [6.07, 6.45) is 0. The van der Waals surface area contributed by atoms with Crippen molar-refractivity contribution in [3.05, 3.63) is 41.4 Å². The molecule has 0 bridgehead atoms. The fraction of sp³-hybridized carbons (Fsp3) is 0.286. The standard InChI is InChI=1S/C14H16ClNO2S2/c1-14(2,3)16-20(17,18)13-8-7-12(19-13)10-5-4-6-11(15)9-10/h4-9,16H,1-3H3. The molecule has 0 unspecified atom stereocenters. The summed E-state index contributed by atoms with van der Waals surface area (Å²) in [7, 11) is -3.48. The van der Waals surface area contributed by atoms with Gasteiger partial charge in [-0.25, -0.2) is 13.1 Å². The van der Waals surface area contributed by atoms with Crippen LogP contribution in [0.15, 0.2) is 40.6 Å². The van der Waals surface area contributed by atoms with E-state index in [4.69, 9.17) is 11.6 Å². The third kappa shape index (κ3) is 3.82. The number of benzene rings is 1. The summed E-state index contributed by atoms with van der Waals surface area (Å²) in [5.74, 6) is 0. The Morgan fingerprint density at radius 2 is 1.85 bits per heavy atom. The molecule has 0 aliphatic rings. The highest BCUT2D eigenvalue weighted by molar-refractivity contribution is 7.91. The molecule has 0 spiro atoms. The minimum absolute atomic E-state index is 0.308. The van der Waals surface area contributed by atoms with E-state index in [1.165, 1.54) is 11.3 Å². The van der Waals surface area contributed by atoms with Crippen molar-refractivity contribution in [2.75, 3.05) is 0 Å². The highest BCUT2D eigenvalue weighted by Gasteiger charge is 2.23. The van der Waals surface area contributed by atoms with Crippen LogP contribution in [0, 0.1) is 0 Å². The third-order valence-electron chi connectivity index (χ3n) is 2.40. The highest BCUT2D eigenvalue weighted by atomic mass is 35.5. The van der Waals surface area contributed by atoms with Crippen LogP contribution in [0.4, 0.5) is 0 Å². The number of halogens is 1. The van der Waals surface area contributed by atoms with E-state index in [2.05, 4.69) is 4.72 Å². The monoisotopic (exact) mass is 329 g/mol. The number of hydrogen-bond acceptors (Lipinski definition) is 3. The molecule has 0 saturated carbocycles. The minimum atomic E-state index is -3.48. The summed E-state index contributed by atoms with van der Waals surface area (Å²) in [4.78, 5) is 0.877. The van der Waals surface area contributed by atoms with Crippen molar-refractivity contribution in [2.45, 2.75) is 30.5 Å². The van der Waals surface area contributed by atoms with E-state index >= 15 is 0 Å². The molecule has 0 aliphatic heterocycles. The molecule has 6 heteroatoms. The minimum Gasteiger partial charge on any atom is -0.206 e. The number of hydrogen-bond donors (Lipinski definition) is 1. The Balaban J connectivity index is 2.34. The Morgan fingerprint density at radius 1 is 1.15 bits per heavy atom. The van der Waals surface area contributed by atoms with Gasteiger partial charge >= 0.3 is 0 Å². The van der Waals surface area contributed by atoms with Gasteiger partial charge in [-0.2, -0.15) is 0 Å². The van der Waals surface area contributed by atoms with Gasteiger partial charge in [0.2, 0.25) is 0 Å². The van der Waals surface area contributed by atoms with Crippen LogP contribution >= 0.6 is 22.9 Å². The molecular weight excluding hydrogens is 314 g/mol. The zero-order valence-electron chi connectivity index (χ0n) is 11.5. The molecule has 0 fully saturated rings. The van der Waals surface area contributed by atoms with Gasteiger partial charge in [-0.1, -0.05) is 23.7 Å². The molecule has 0 saturated heterocycles. The molecule has 20 heavy (non-hydrogen) atoms. The van der Waals surface area contributed by atoms with Crippen molar-refractivity contribution in [1.82, 2.24) is 4.72 Å². The molecule has 2 rings (SSSR count). The van der Waals surface area contributed by atoms with E-state index in [1.54, 1.807) is 18.2 Å². The predicted octanol–water partition coefficient (Wildman–Crippen LogP) is 4.15. The largest absolute Gasteiger partial charge is 0.250 e. The van der Waals surface area contributed by atoms with Crippen LogP contribution in [0.3, 0.4) is 0 Å². The lowest BCUT2D eigenvalue weighted by Gasteiger charge is -2.19. The Labute approximate surface area is 128 Å². The molecule has 1 aromatic carbocycles. The first-order valence-electron chi connectivity index (χ1n) is 6.07. The fourth-order valence-electron chi connectivity index (χ4n) is 1.71. The SMILES string of the molecule is CC(C)(C)NS(=O)(=O)c1ccc(-c2cccc(Cl)c2)s1. The Kier molecular flexibility index (Phi) is 4.25. The summed E-state index contributed by atoms with van der Waals surface area (Å²) >= 11 is 7.19. The van der Waals surface area contributed by atoms with Gasteiger partial charge < -0.3 is 0 Å². The molecule has 0 amide bonds. The van der Waals surface area contributed by atoms with Gasteiger partial charge in [0.05, 0.1) is 0 Å². The van der Waals surface area contributed by atoms with Crippen molar-refractivity contribution >= 4 is 33.0 Å². The quantitative estimate of drug-likeness (QED) is 0.919. The number of sulfonamides is 1. The van der Waals surface area contributed by atoms with Crippen LogP contribution in [-0.2, 0) is 10.0 Å². The first-order valence-corrected chi connectivity index (χ1v) is 8.75. The van der Waals surface area contributed by atoms with Crippen LogP contribution in [0.25, 0.3) is 10.4 Å². The molecule has 1 aromatic heterocycles. The van der Waals surface area contributed by atoms with Gasteiger partial charge in [-0.05, 0) is 50.6 Å². The Morgan fingerprint density at radius 3 is 2.45 bits per heavy atom. The lowest BCUT2D eigenvalue weighted by atomic mass is 10.1. The van der Waals surface area contributed by atoms with Crippen molar-refractivity contribution in [2.24, 2.45) is 0 Å². The van der Waals surface area contributed by atoms with Crippen LogP contribution in [-0.4, -0.2) is 14.0 Å². The zero-order valence-corrected chi connectivity index (χ0v) is 13.9. The van der Waals surface area contributed by atoms with E-state index in [-0.39, 0.29) is 0 Å². The summed E-state index contributed by atoms with van der Waals surface area (Å²) < 4.78 is 27.4. The Hall–Kier alpha value is -0.880. The third-order valence-corrected chi connectivity index (χ3v) is 6.02. The van der Waals surface area contributed by atoms with E-state index in [0.29, 0.717) is 9.23 Å². The number of thiophene rings is 1. The lowest BCUT2D eigenvalue weighted by molar-refractivity contribution is 0.492. The van der Waals surface area contributed by atoms with Crippen molar-refractivity contribution < 1.29 is 8.42 Å². The molecule has 1 heterocycles. The molecule has 0 aliphatic carbocycles. The maximum atomic E-state index is 12.2. The maximum absolute atomic E-state index is 12.2. The first-order chi connectivity index (χ1) is 9.17. The van der Waals surface area contributed by atoms with Crippen LogP contribution < -0.4 is 4.72 Å². The zero-order chi connectivity index (χ0) is 15.0. The number of nitrogens with one attached hydrogen (secondary N) is 1. The summed E-state index contributed by atoms with van der Waals surface area (Å²) in [5, 5.41) is 0.633. The second-order valence-electron chi connectivity index (χ2n) is 5.48. The predicted molar refractivity (Wildman–Crippen MR) is 84.8 cm³/mol. The van der Waals surface area contributed by atoms with Gasteiger partial charge in [0.1, 0.15) is 4.21 Å². The number of rotatable bonds is 3. The summed E-state index contributed by atoms with van der Waals surface area (Å²) in [6, 6.07) is 10.8. The smallest absolute Gasteiger partial charge is 0.206 e. The van der Waals surface area contributed by atoms with Crippen molar-refractivity contribution in [1.29, 1.82) is 0 Å². The van der Waals surface area contributed by atoms with E-state index in [1.807, 2.05) is 39.0 Å². The van der Waals surface area contributed by atoms with E-state index in [9.17, 15) is 8.42 Å². The normalized spacial score (nSPS) is 12.6. The molecule has 2 aromatic rings. The van der Waals surface area contributed by atoms with Gasteiger partial charge in [-0.15, -0.1) is 11.3 Å². The first kappa shape index (κ1) is 15.5. The summed E-state index contributed by atoms with van der Waals surface area (Å²) in [6.45, 7) is 5.45. The van der Waals surface area contributed by atoms with E-state index < -0.39 is 15.6 Å². The van der Waals surface area contributed by atoms with Crippen LogP contribution in [0.5, 0.6) is 0 Å². The topological polar surface area (TPSA) is 46.2 Å². The van der Waals surface area contributed by atoms with Gasteiger partial charge in [0, 0.05) is 15.4 Å². The highest BCUT2D eigenvalue weighted by Crippen LogP contribution is 2.32. The average Bonchev–Trinajstić information content (AvgIpc) is 2.75. The Bertz CT molecular complexity index is 715. The maximum Gasteiger partial charge on any atom is 0.250 e. The lowest BCUT2D eigenvalue weighted by Crippen LogP contribution is -2.40. The average molecular weight is 330 g/mol. The van der Waals surface area contributed by atoms with Crippen molar-refractivity contribution in [3.8, 4) is 10.4 Å². The fourth-order valence-corrected chi connectivity index (χ4v) is 4.63. The second kappa shape index (κ2) is 5.48. The molecule has 3 nitrogen and oxygen atoms in total. The molecule has 0 radical (unpaired) electrons. The van der Waals surface area contributed by atoms with E-state index in [0.717, 1.165) is 10.4 Å². The molecule has 0 atom stereocenters. The van der Waals surface area contributed by atoms with Crippen molar-refractivity contribution in [3.63, 3.8) is 0 Å². The summed E-state index contributed by atoms with van der Waals surface area (Å²) in [5.41, 5.74) is 0.415. The van der Waals surface area contributed by atoms with Gasteiger partial charge in [-0.3, -0.25) is 0 Å². The molecular formula is C14H16ClNO2S2. The van der Waals surface area contributed by atoms with Gasteiger partial charge in [0.15, 0.2) is 0 Å². The molecule has 108 valence electrons. The van der Waals surface area contributed by atoms with Gasteiger partial charge in [0.25, 0.3) is 10.0 Å². The second-order valence-corrected chi connectivity index (χ2v) is 8.91. The van der Waals surface area contributed by atoms with Crippen LogP contribution in [0.2, 0.25) is 5.02 Å². The molecule has 1 N–H and O–H groups in total. The van der Waals surface area contributed by atoms with Crippen LogP contribution in [0.1, 0.15) is 20.8 Å².